The third-order valence-corrected chi connectivity index (χ3v) is 4.76. The normalized spacial score (nSPS) is 14.4. The minimum absolute atomic E-state index is 0.301. The van der Waals surface area contributed by atoms with Crippen LogP contribution in [0.25, 0.3) is 11.0 Å². The molecule has 6 nitrogen and oxygen atoms in total. The summed E-state index contributed by atoms with van der Waals surface area (Å²) in [6.07, 6.45) is 0. The average molecular weight is 383 g/mol. The van der Waals surface area contributed by atoms with Crippen LogP contribution in [0, 0.1) is 6.92 Å². The number of carbonyl (C=O) groups is 1. The van der Waals surface area contributed by atoms with Gasteiger partial charge in [0, 0.05) is 23.8 Å². The second kappa shape index (κ2) is 7.50. The van der Waals surface area contributed by atoms with Gasteiger partial charge in [0.2, 0.25) is 0 Å². The zero-order chi connectivity index (χ0) is 18.8. The van der Waals surface area contributed by atoms with E-state index in [-0.39, 0.29) is 5.91 Å². The summed E-state index contributed by atoms with van der Waals surface area (Å²) < 4.78 is 5.43. The van der Waals surface area contributed by atoms with Crippen molar-refractivity contribution in [3.05, 3.63) is 58.7 Å². The van der Waals surface area contributed by atoms with Crippen molar-refractivity contribution >= 4 is 40.0 Å². The Morgan fingerprint density at radius 1 is 1.11 bits per heavy atom. The van der Waals surface area contributed by atoms with E-state index in [1.165, 1.54) is 0 Å². The van der Waals surface area contributed by atoms with Crippen LogP contribution in [0.2, 0.25) is 5.02 Å². The van der Waals surface area contributed by atoms with E-state index in [1.807, 2.05) is 42.2 Å². The standard InChI is InChI=1S/C20H19ClN4O2/c1-13-6-7-14(21)12-17(13)24-20(26)18-19(25-8-10-27-11-9-25)23-16-5-3-2-4-15(16)22-18/h2-7,12H,8-11H2,1H3,(H,24,26). The zero-order valence-corrected chi connectivity index (χ0v) is 15.7. The molecule has 1 amide bonds. The molecule has 0 spiro atoms. The molecule has 7 heteroatoms. The number of benzene rings is 2. The van der Waals surface area contributed by atoms with Gasteiger partial charge in [0.25, 0.3) is 5.91 Å². The van der Waals surface area contributed by atoms with Gasteiger partial charge in [-0.25, -0.2) is 9.97 Å². The van der Waals surface area contributed by atoms with Crippen molar-refractivity contribution in [3.63, 3.8) is 0 Å². The number of halogens is 1. The Bertz CT molecular complexity index is 1000. The van der Waals surface area contributed by atoms with E-state index in [9.17, 15) is 4.79 Å². The first-order chi connectivity index (χ1) is 13.1. The lowest BCUT2D eigenvalue weighted by Crippen LogP contribution is -2.38. The van der Waals surface area contributed by atoms with Gasteiger partial charge < -0.3 is 15.0 Å². The number of hydrogen-bond donors (Lipinski definition) is 1. The first-order valence-electron chi connectivity index (χ1n) is 8.79. The van der Waals surface area contributed by atoms with Crippen LogP contribution < -0.4 is 10.2 Å². The van der Waals surface area contributed by atoms with Crippen molar-refractivity contribution in [2.45, 2.75) is 6.92 Å². The quantitative estimate of drug-likeness (QED) is 0.748. The summed E-state index contributed by atoms with van der Waals surface area (Å²) in [4.78, 5) is 24.4. The van der Waals surface area contributed by atoms with Gasteiger partial charge in [0.15, 0.2) is 11.5 Å². The highest BCUT2D eigenvalue weighted by Crippen LogP contribution is 2.25. The first kappa shape index (κ1) is 17.7. The van der Waals surface area contributed by atoms with E-state index in [1.54, 1.807) is 12.1 Å². The summed E-state index contributed by atoms with van der Waals surface area (Å²) in [5.41, 5.74) is 3.33. The summed E-state index contributed by atoms with van der Waals surface area (Å²) in [5.74, 6) is 0.272. The number of amides is 1. The monoisotopic (exact) mass is 382 g/mol. The van der Waals surface area contributed by atoms with Crippen molar-refractivity contribution in [3.8, 4) is 0 Å². The Labute approximate surface area is 162 Å². The maximum Gasteiger partial charge on any atom is 0.278 e. The molecule has 0 aliphatic carbocycles. The molecule has 3 aromatic rings. The lowest BCUT2D eigenvalue weighted by Gasteiger charge is -2.29. The van der Waals surface area contributed by atoms with E-state index in [0.717, 1.165) is 11.1 Å². The number of para-hydroxylation sites is 2. The Morgan fingerprint density at radius 3 is 2.56 bits per heavy atom. The van der Waals surface area contributed by atoms with Gasteiger partial charge in [-0.1, -0.05) is 29.8 Å². The molecule has 0 atom stereocenters. The average Bonchev–Trinajstić information content (AvgIpc) is 2.70. The van der Waals surface area contributed by atoms with Gasteiger partial charge >= 0.3 is 0 Å². The van der Waals surface area contributed by atoms with Crippen molar-refractivity contribution in [1.29, 1.82) is 0 Å². The molecule has 1 aliphatic rings. The Morgan fingerprint density at radius 2 is 1.81 bits per heavy atom. The Kier molecular flexibility index (Phi) is 4.92. The van der Waals surface area contributed by atoms with Gasteiger partial charge in [0.05, 0.1) is 24.2 Å². The number of nitrogens with one attached hydrogen (secondary N) is 1. The van der Waals surface area contributed by atoms with Crippen molar-refractivity contribution in [1.82, 2.24) is 9.97 Å². The predicted molar refractivity (Wildman–Crippen MR) is 107 cm³/mol. The first-order valence-corrected chi connectivity index (χ1v) is 9.16. The molecule has 1 aliphatic heterocycles. The van der Waals surface area contributed by atoms with E-state index < -0.39 is 0 Å². The molecule has 1 aromatic heterocycles. The van der Waals surface area contributed by atoms with Crippen molar-refractivity contribution in [2.24, 2.45) is 0 Å². The van der Waals surface area contributed by atoms with Crippen LogP contribution in [0.15, 0.2) is 42.5 Å². The summed E-state index contributed by atoms with van der Waals surface area (Å²) >= 11 is 6.08. The number of aryl methyl sites for hydroxylation is 1. The van der Waals surface area contributed by atoms with E-state index >= 15 is 0 Å². The van der Waals surface area contributed by atoms with Crippen molar-refractivity contribution < 1.29 is 9.53 Å². The van der Waals surface area contributed by atoms with Gasteiger partial charge in [-0.3, -0.25) is 4.79 Å². The summed E-state index contributed by atoms with van der Waals surface area (Å²) in [6, 6.07) is 12.9. The van der Waals surface area contributed by atoms with Crippen LogP contribution in [-0.4, -0.2) is 42.2 Å². The van der Waals surface area contributed by atoms with E-state index in [2.05, 4.69) is 10.3 Å². The summed E-state index contributed by atoms with van der Waals surface area (Å²) in [7, 11) is 0. The lowest BCUT2D eigenvalue weighted by molar-refractivity contribution is 0.102. The summed E-state index contributed by atoms with van der Waals surface area (Å²) in [5, 5.41) is 3.49. The fourth-order valence-corrected chi connectivity index (χ4v) is 3.22. The van der Waals surface area contributed by atoms with Crippen LogP contribution in [0.3, 0.4) is 0 Å². The molecule has 138 valence electrons. The highest BCUT2D eigenvalue weighted by atomic mass is 35.5. The molecule has 4 rings (SSSR count). The number of aromatic nitrogens is 2. The molecular formula is C20H19ClN4O2. The second-order valence-electron chi connectivity index (χ2n) is 6.40. The third kappa shape index (κ3) is 3.72. The second-order valence-corrected chi connectivity index (χ2v) is 6.83. The number of rotatable bonds is 3. The van der Waals surface area contributed by atoms with Crippen LogP contribution in [-0.2, 0) is 4.74 Å². The topological polar surface area (TPSA) is 67.4 Å². The lowest BCUT2D eigenvalue weighted by atomic mass is 10.2. The Hall–Kier alpha value is -2.70. The molecule has 0 bridgehead atoms. The summed E-state index contributed by atoms with van der Waals surface area (Å²) in [6.45, 7) is 4.46. The molecule has 1 N–H and O–H groups in total. The van der Waals surface area contributed by atoms with Gasteiger partial charge in [0.1, 0.15) is 0 Å². The van der Waals surface area contributed by atoms with Crippen LogP contribution in [0.1, 0.15) is 16.1 Å². The molecule has 1 saturated heterocycles. The highest BCUT2D eigenvalue weighted by molar-refractivity contribution is 6.31. The maximum atomic E-state index is 13.1. The van der Waals surface area contributed by atoms with Gasteiger partial charge in [-0.05, 0) is 36.8 Å². The van der Waals surface area contributed by atoms with Gasteiger partial charge in [-0.15, -0.1) is 0 Å². The fraction of sp³-hybridized carbons (Fsp3) is 0.250. The number of ether oxygens (including phenoxy) is 1. The number of anilines is 2. The molecular weight excluding hydrogens is 364 g/mol. The zero-order valence-electron chi connectivity index (χ0n) is 14.9. The number of hydrogen-bond acceptors (Lipinski definition) is 5. The van der Waals surface area contributed by atoms with Gasteiger partial charge in [-0.2, -0.15) is 0 Å². The predicted octanol–water partition coefficient (Wildman–Crippen LogP) is 3.68. The third-order valence-electron chi connectivity index (χ3n) is 4.53. The molecule has 2 heterocycles. The van der Waals surface area contributed by atoms with Crippen LogP contribution in [0.4, 0.5) is 11.5 Å². The molecule has 2 aromatic carbocycles. The smallest absolute Gasteiger partial charge is 0.278 e. The van der Waals surface area contributed by atoms with E-state index in [0.29, 0.717) is 54.0 Å². The minimum atomic E-state index is -0.305. The fourth-order valence-electron chi connectivity index (χ4n) is 3.05. The Balaban J connectivity index is 1.76. The SMILES string of the molecule is Cc1ccc(Cl)cc1NC(=O)c1nc2ccccc2nc1N1CCOCC1. The molecule has 0 saturated carbocycles. The maximum absolute atomic E-state index is 13.1. The number of carbonyl (C=O) groups excluding carboxylic acids is 1. The molecule has 0 unspecified atom stereocenters. The highest BCUT2D eigenvalue weighted by Gasteiger charge is 2.23. The number of fused-ring (bicyclic) bond motifs is 1. The number of nitrogens with zero attached hydrogens (tertiary/aromatic N) is 3. The van der Waals surface area contributed by atoms with Crippen molar-refractivity contribution in [2.75, 3.05) is 36.5 Å². The van der Waals surface area contributed by atoms with Crippen LogP contribution in [0.5, 0.6) is 0 Å². The number of morpholine rings is 1. The minimum Gasteiger partial charge on any atom is -0.378 e. The largest absolute Gasteiger partial charge is 0.378 e. The molecule has 0 radical (unpaired) electrons. The van der Waals surface area contributed by atoms with Crippen LogP contribution >= 0.6 is 11.6 Å². The molecule has 1 fully saturated rings. The molecule has 27 heavy (non-hydrogen) atoms. The van der Waals surface area contributed by atoms with E-state index in [4.69, 9.17) is 21.3 Å².